The van der Waals surface area contributed by atoms with Crippen LogP contribution in [0.5, 0.6) is 11.5 Å². The highest BCUT2D eigenvalue weighted by molar-refractivity contribution is 14.1. The van der Waals surface area contributed by atoms with Crippen molar-refractivity contribution >= 4 is 47.2 Å². The van der Waals surface area contributed by atoms with Gasteiger partial charge in [-0.25, -0.2) is 0 Å². The monoisotopic (exact) mass is 573 g/mol. The van der Waals surface area contributed by atoms with Crippen molar-refractivity contribution in [2.24, 2.45) is 17.8 Å². The molecule has 0 spiro atoms. The van der Waals surface area contributed by atoms with Crippen molar-refractivity contribution in [3.05, 3.63) is 62.6 Å². The Morgan fingerprint density at radius 1 is 1.18 bits per heavy atom. The summed E-state index contributed by atoms with van der Waals surface area (Å²) in [5, 5.41) is 21.3. The van der Waals surface area contributed by atoms with Crippen LogP contribution in [0.1, 0.15) is 37.9 Å². The Labute approximate surface area is 212 Å². The van der Waals surface area contributed by atoms with Crippen LogP contribution in [0.15, 0.2) is 53.5 Å². The number of allylic oxidation sites excluding steroid dienone is 2. The van der Waals surface area contributed by atoms with Gasteiger partial charge in [-0.15, -0.1) is 0 Å². The fraction of sp³-hybridized carbons (Fsp3) is 0.360. The lowest BCUT2D eigenvalue weighted by Crippen LogP contribution is -2.44. The van der Waals surface area contributed by atoms with Gasteiger partial charge in [0.05, 0.1) is 34.3 Å². The maximum absolute atomic E-state index is 13.7. The minimum Gasteiger partial charge on any atom is -0.504 e. The number of hydrogen-bond acceptors (Lipinski definition) is 6. The van der Waals surface area contributed by atoms with Gasteiger partial charge in [0.25, 0.3) is 0 Å². The van der Waals surface area contributed by atoms with Gasteiger partial charge in [0.1, 0.15) is 0 Å². The normalized spacial score (nSPS) is 26.6. The summed E-state index contributed by atoms with van der Waals surface area (Å²) in [6.45, 7) is 2.00. The molecule has 2 aliphatic heterocycles. The highest BCUT2D eigenvalue weighted by Gasteiger charge is 2.58. The maximum Gasteiger partial charge on any atom is 0.487 e. The van der Waals surface area contributed by atoms with Crippen molar-refractivity contribution in [1.82, 2.24) is 0 Å². The first-order valence-electron chi connectivity index (χ1n) is 11.4. The number of anilines is 1. The average Bonchev–Trinajstić information content (AvgIpc) is 3.10. The van der Waals surface area contributed by atoms with Gasteiger partial charge in [0.2, 0.25) is 11.8 Å². The van der Waals surface area contributed by atoms with Crippen molar-refractivity contribution in [3.8, 4) is 11.5 Å². The number of methoxy groups -OCH3 is 1. The van der Waals surface area contributed by atoms with E-state index >= 15 is 0 Å². The standard InChI is InChI=1S/C25H25BINO6/c1-3-13-9-17-21(25(31)28(24(17)30)15-7-5-4-6-8-15)16-12-19(34-26(32)22(13)16)14-10-18(27)23(29)20(11-14)33-2/h4-8,10-11,16-17,19,21,29,32H,3,9,12H2,1-2H3/t16-,17-,19-,21+/m0/s1. The molecule has 7 nitrogen and oxygen atoms in total. The van der Waals surface area contributed by atoms with Crippen molar-refractivity contribution in [3.63, 3.8) is 0 Å². The predicted octanol–water partition coefficient (Wildman–Crippen LogP) is 4.02. The summed E-state index contributed by atoms with van der Waals surface area (Å²) in [5.74, 6) is -1.34. The third-order valence-corrected chi connectivity index (χ3v) is 8.12. The number of benzene rings is 2. The average molecular weight is 573 g/mol. The summed E-state index contributed by atoms with van der Waals surface area (Å²) in [5.41, 5.74) is 3.06. The zero-order valence-electron chi connectivity index (χ0n) is 18.9. The molecule has 0 unspecified atom stereocenters. The Morgan fingerprint density at radius 2 is 1.91 bits per heavy atom. The maximum atomic E-state index is 13.7. The lowest BCUT2D eigenvalue weighted by atomic mass is 9.55. The fourth-order valence-corrected chi connectivity index (χ4v) is 6.36. The molecular weight excluding hydrogens is 548 g/mol. The number of carbonyl (C=O) groups is 2. The number of imide groups is 1. The number of phenolic OH excluding ortho intramolecular Hbond substituents is 1. The van der Waals surface area contributed by atoms with Crippen LogP contribution in [-0.4, -0.2) is 36.2 Å². The molecule has 4 atom stereocenters. The molecule has 2 amide bonds. The van der Waals surface area contributed by atoms with Gasteiger partial charge in [0, 0.05) is 0 Å². The predicted molar refractivity (Wildman–Crippen MR) is 135 cm³/mol. The number of rotatable bonds is 4. The molecule has 2 aromatic carbocycles. The summed E-state index contributed by atoms with van der Waals surface area (Å²) in [4.78, 5) is 28.4. The zero-order valence-corrected chi connectivity index (χ0v) is 21.1. The van der Waals surface area contributed by atoms with E-state index in [1.165, 1.54) is 12.0 Å². The summed E-state index contributed by atoms with van der Waals surface area (Å²) in [6, 6.07) is 12.5. The van der Waals surface area contributed by atoms with Gasteiger partial charge in [-0.3, -0.25) is 14.5 Å². The van der Waals surface area contributed by atoms with E-state index in [4.69, 9.17) is 9.39 Å². The molecule has 0 aromatic heterocycles. The van der Waals surface area contributed by atoms with Gasteiger partial charge in [-0.2, -0.15) is 0 Å². The van der Waals surface area contributed by atoms with E-state index < -0.39 is 25.1 Å². The zero-order chi connectivity index (χ0) is 24.1. The largest absolute Gasteiger partial charge is 0.504 e. The number of hydrogen-bond donors (Lipinski definition) is 2. The number of fused-ring (bicyclic) bond motifs is 3. The Kier molecular flexibility index (Phi) is 6.20. The van der Waals surface area contributed by atoms with Crippen molar-refractivity contribution in [2.75, 3.05) is 12.0 Å². The molecule has 0 bridgehead atoms. The summed E-state index contributed by atoms with van der Waals surface area (Å²) < 4.78 is 11.9. The van der Waals surface area contributed by atoms with Gasteiger partial charge in [-0.05, 0) is 83.1 Å². The van der Waals surface area contributed by atoms with E-state index in [2.05, 4.69) is 0 Å². The summed E-state index contributed by atoms with van der Waals surface area (Å²) in [6.07, 6.45) is 1.06. The van der Waals surface area contributed by atoms with Crippen molar-refractivity contribution in [2.45, 2.75) is 32.3 Å². The molecule has 2 saturated heterocycles. The van der Waals surface area contributed by atoms with E-state index in [1.807, 2.05) is 47.7 Å². The van der Waals surface area contributed by atoms with Crippen LogP contribution in [0.4, 0.5) is 5.69 Å². The first-order valence-corrected chi connectivity index (χ1v) is 12.5. The van der Waals surface area contributed by atoms with Gasteiger partial charge >= 0.3 is 7.12 Å². The van der Waals surface area contributed by atoms with Crippen LogP contribution < -0.4 is 9.64 Å². The van der Waals surface area contributed by atoms with E-state index in [9.17, 15) is 19.7 Å². The number of para-hydroxylation sites is 1. The molecule has 2 N–H and O–H groups in total. The molecule has 9 heteroatoms. The van der Waals surface area contributed by atoms with Crippen LogP contribution in [0.25, 0.3) is 0 Å². The number of carbonyl (C=O) groups excluding carboxylic acids is 2. The molecular formula is C25H25BINO6. The highest BCUT2D eigenvalue weighted by Crippen LogP contribution is 2.53. The number of aromatic hydroxyl groups is 1. The summed E-state index contributed by atoms with van der Waals surface area (Å²) >= 11 is 2.02. The van der Waals surface area contributed by atoms with Crippen LogP contribution >= 0.6 is 22.6 Å². The van der Waals surface area contributed by atoms with E-state index in [1.54, 1.807) is 24.3 Å². The number of halogens is 1. The van der Waals surface area contributed by atoms with Crippen LogP contribution in [-0.2, 0) is 14.2 Å². The number of amides is 2. The SMILES string of the molecule is CCC1=C2B(O)O[C@H](c3cc(I)c(O)c(OC)c3)C[C@H]2[C@H]2C(=O)N(c3ccccc3)C(=O)[C@H]2C1. The number of ether oxygens (including phenoxy) is 1. The molecule has 2 heterocycles. The van der Waals surface area contributed by atoms with Crippen molar-refractivity contribution in [1.29, 1.82) is 0 Å². The molecule has 34 heavy (non-hydrogen) atoms. The summed E-state index contributed by atoms with van der Waals surface area (Å²) in [7, 11) is 0.317. The molecule has 0 saturated carbocycles. The number of phenols is 1. The van der Waals surface area contributed by atoms with E-state index in [0.29, 0.717) is 34.3 Å². The second-order valence-corrected chi connectivity index (χ2v) is 10.1. The Morgan fingerprint density at radius 3 is 2.59 bits per heavy atom. The molecule has 1 aliphatic carbocycles. The van der Waals surface area contributed by atoms with Crippen LogP contribution in [0.3, 0.4) is 0 Å². The van der Waals surface area contributed by atoms with Crippen LogP contribution in [0, 0.1) is 21.3 Å². The first kappa shape index (κ1) is 23.4. The lowest BCUT2D eigenvalue weighted by Gasteiger charge is -2.42. The fourth-order valence-electron chi connectivity index (χ4n) is 5.73. The highest BCUT2D eigenvalue weighted by atomic mass is 127. The molecule has 2 fully saturated rings. The lowest BCUT2D eigenvalue weighted by molar-refractivity contribution is -0.123. The smallest absolute Gasteiger partial charge is 0.487 e. The minimum atomic E-state index is -1.16. The van der Waals surface area contributed by atoms with E-state index in [0.717, 1.165) is 16.6 Å². The topological polar surface area (TPSA) is 96.3 Å². The quantitative estimate of drug-likeness (QED) is 0.326. The molecule has 5 rings (SSSR count). The molecule has 176 valence electrons. The second kappa shape index (κ2) is 9.01. The van der Waals surface area contributed by atoms with E-state index in [-0.39, 0.29) is 23.5 Å². The van der Waals surface area contributed by atoms with Crippen LogP contribution in [0.2, 0.25) is 0 Å². The number of nitrogens with zero attached hydrogens (tertiary/aromatic N) is 1. The second-order valence-electron chi connectivity index (χ2n) is 8.97. The molecule has 0 radical (unpaired) electrons. The molecule has 3 aliphatic rings. The first-order chi connectivity index (χ1) is 16.3. The van der Waals surface area contributed by atoms with Gasteiger partial charge < -0.3 is 19.5 Å². The van der Waals surface area contributed by atoms with Gasteiger partial charge in [0.15, 0.2) is 11.5 Å². The Balaban J connectivity index is 1.55. The molecule has 2 aromatic rings. The van der Waals surface area contributed by atoms with Crippen molar-refractivity contribution < 1.29 is 29.1 Å². The Bertz CT molecular complexity index is 1190. The minimum absolute atomic E-state index is 0.0462. The third kappa shape index (κ3) is 3.65. The van der Waals surface area contributed by atoms with Gasteiger partial charge in [-0.1, -0.05) is 30.7 Å². The third-order valence-electron chi connectivity index (χ3n) is 7.30. The Hall–Kier alpha value is -2.37.